The number of rotatable bonds is 8. The van der Waals surface area contributed by atoms with Crippen LogP contribution in [-0.4, -0.2) is 33.2 Å². The van der Waals surface area contributed by atoms with Gasteiger partial charge in [-0.15, -0.1) is 0 Å². The molecule has 0 bridgehead atoms. The number of methoxy groups -OCH3 is 1. The van der Waals surface area contributed by atoms with Gasteiger partial charge in [-0.3, -0.25) is 14.2 Å². The van der Waals surface area contributed by atoms with Crippen molar-refractivity contribution in [2.45, 2.75) is 19.9 Å². The van der Waals surface area contributed by atoms with Gasteiger partial charge in [-0.1, -0.05) is 48.0 Å². The van der Waals surface area contributed by atoms with Crippen molar-refractivity contribution in [3.63, 3.8) is 0 Å². The Morgan fingerprint density at radius 2 is 1.80 bits per heavy atom. The van der Waals surface area contributed by atoms with Crippen LogP contribution < -0.4 is 25.8 Å². The van der Waals surface area contributed by atoms with Crippen molar-refractivity contribution in [2.24, 2.45) is 0 Å². The zero-order chi connectivity index (χ0) is 31.0. The SMILES string of the molecule is CCOc1c(OC)ccc(-c2cccc3c(Cl)c([C@H](C)Nc4ncnc5[nH]ccc(=O)c45)n(-c4ccccc4)c(=O)c23)c1F. The predicted molar refractivity (Wildman–Crippen MR) is 170 cm³/mol. The molecule has 11 heteroatoms. The van der Waals surface area contributed by atoms with Crippen molar-refractivity contribution in [3.8, 4) is 28.3 Å². The molecule has 0 saturated heterocycles. The van der Waals surface area contributed by atoms with E-state index in [1.807, 2.05) is 25.1 Å². The van der Waals surface area contributed by atoms with Crippen LogP contribution in [0.2, 0.25) is 5.02 Å². The molecule has 0 fully saturated rings. The molecule has 0 saturated carbocycles. The van der Waals surface area contributed by atoms with Crippen molar-refractivity contribution in [3.05, 3.63) is 116 Å². The van der Waals surface area contributed by atoms with Crippen LogP contribution in [0.3, 0.4) is 0 Å². The number of nitrogens with one attached hydrogen (secondary N) is 2. The maximum Gasteiger partial charge on any atom is 0.263 e. The summed E-state index contributed by atoms with van der Waals surface area (Å²) in [5.74, 6) is -0.169. The largest absolute Gasteiger partial charge is 0.493 e. The van der Waals surface area contributed by atoms with E-state index in [0.29, 0.717) is 28.0 Å². The minimum absolute atomic E-state index is 0.0412. The normalized spacial score (nSPS) is 11.9. The minimum atomic E-state index is -0.652. The first-order valence-corrected chi connectivity index (χ1v) is 14.2. The number of hydrogen-bond donors (Lipinski definition) is 2. The Hall–Kier alpha value is -5.22. The van der Waals surface area contributed by atoms with E-state index in [0.717, 1.165) is 0 Å². The molecule has 0 aliphatic heterocycles. The molecule has 44 heavy (non-hydrogen) atoms. The molecular formula is C33H27ClFN5O4. The van der Waals surface area contributed by atoms with Gasteiger partial charge in [0.15, 0.2) is 22.7 Å². The number of para-hydroxylation sites is 1. The summed E-state index contributed by atoms with van der Waals surface area (Å²) in [6, 6.07) is 18.1. The lowest BCUT2D eigenvalue weighted by Crippen LogP contribution is -2.27. The zero-order valence-electron chi connectivity index (χ0n) is 24.0. The van der Waals surface area contributed by atoms with Gasteiger partial charge in [0.25, 0.3) is 5.56 Å². The Labute approximate surface area is 255 Å². The molecule has 0 spiro atoms. The lowest BCUT2D eigenvalue weighted by Gasteiger charge is -2.24. The maximum absolute atomic E-state index is 16.0. The van der Waals surface area contributed by atoms with E-state index in [1.165, 1.54) is 30.3 Å². The lowest BCUT2D eigenvalue weighted by molar-refractivity contribution is 0.295. The van der Waals surface area contributed by atoms with Crippen molar-refractivity contribution < 1.29 is 13.9 Å². The molecule has 3 heterocycles. The highest BCUT2D eigenvalue weighted by Crippen LogP contribution is 2.41. The average molecular weight is 612 g/mol. The van der Waals surface area contributed by atoms with Crippen LogP contribution in [-0.2, 0) is 0 Å². The van der Waals surface area contributed by atoms with Gasteiger partial charge >= 0.3 is 0 Å². The van der Waals surface area contributed by atoms with Crippen LogP contribution in [0.25, 0.3) is 38.6 Å². The van der Waals surface area contributed by atoms with E-state index < -0.39 is 17.4 Å². The highest BCUT2D eigenvalue weighted by Gasteiger charge is 2.26. The third kappa shape index (κ3) is 4.83. The quantitative estimate of drug-likeness (QED) is 0.198. The average Bonchev–Trinajstić information content (AvgIpc) is 3.04. The number of fused-ring (bicyclic) bond motifs is 2. The molecule has 222 valence electrons. The summed E-state index contributed by atoms with van der Waals surface area (Å²) >= 11 is 7.17. The Balaban J connectivity index is 1.62. The third-order valence-corrected chi connectivity index (χ3v) is 7.77. The summed E-state index contributed by atoms with van der Waals surface area (Å²) in [5, 5.41) is 4.48. The van der Waals surface area contributed by atoms with Crippen molar-refractivity contribution in [2.75, 3.05) is 19.0 Å². The van der Waals surface area contributed by atoms with E-state index in [1.54, 1.807) is 49.4 Å². The van der Waals surface area contributed by atoms with Gasteiger partial charge in [-0.25, -0.2) is 14.4 Å². The summed E-state index contributed by atoms with van der Waals surface area (Å²) in [4.78, 5) is 38.7. The molecule has 2 N–H and O–H groups in total. The van der Waals surface area contributed by atoms with Crippen LogP contribution >= 0.6 is 11.6 Å². The number of aromatic amines is 1. The Kier molecular flexibility index (Phi) is 7.75. The Morgan fingerprint density at radius 3 is 2.55 bits per heavy atom. The van der Waals surface area contributed by atoms with E-state index in [9.17, 15) is 9.59 Å². The number of aromatic nitrogens is 4. The van der Waals surface area contributed by atoms with Gasteiger partial charge in [-0.05, 0) is 43.7 Å². The molecule has 0 aliphatic rings. The monoisotopic (exact) mass is 611 g/mol. The summed E-state index contributed by atoms with van der Waals surface area (Å²) in [5.41, 5.74) is 1.18. The number of benzene rings is 3. The summed E-state index contributed by atoms with van der Waals surface area (Å²) in [6.07, 6.45) is 2.85. The van der Waals surface area contributed by atoms with Crippen molar-refractivity contribution >= 4 is 39.2 Å². The van der Waals surface area contributed by atoms with Gasteiger partial charge in [0.2, 0.25) is 0 Å². The zero-order valence-corrected chi connectivity index (χ0v) is 24.8. The number of H-pyrrole nitrogens is 1. The molecule has 0 radical (unpaired) electrons. The number of nitrogens with zero attached hydrogens (tertiary/aromatic N) is 3. The molecule has 0 amide bonds. The van der Waals surface area contributed by atoms with Crippen LogP contribution in [0, 0.1) is 5.82 Å². The molecule has 6 rings (SSSR count). The minimum Gasteiger partial charge on any atom is -0.493 e. The second-order valence-electron chi connectivity index (χ2n) is 9.95. The first kappa shape index (κ1) is 28.9. The molecule has 3 aromatic heterocycles. The molecule has 3 aromatic carbocycles. The lowest BCUT2D eigenvalue weighted by atomic mass is 9.96. The third-order valence-electron chi connectivity index (χ3n) is 7.37. The maximum atomic E-state index is 16.0. The van der Waals surface area contributed by atoms with Crippen molar-refractivity contribution in [1.29, 1.82) is 0 Å². The van der Waals surface area contributed by atoms with E-state index in [2.05, 4.69) is 20.3 Å². The molecule has 0 aliphatic carbocycles. The van der Waals surface area contributed by atoms with E-state index in [4.69, 9.17) is 21.1 Å². The second kappa shape index (κ2) is 11.8. The number of ether oxygens (including phenoxy) is 2. The van der Waals surface area contributed by atoms with Gasteiger partial charge in [0, 0.05) is 28.9 Å². The van der Waals surface area contributed by atoms with Gasteiger partial charge in [0.05, 0.1) is 35.9 Å². The highest BCUT2D eigenvalue weighted by molar-refractivity contribution is 6.36. The summed E-state index contributed by atoms with van der Waals surface area (Å²) in [6.45, 7) is 3.79. The molecule has 1 atom stereocenters. The summed E-state index contributed by atoms with van der Waals surface area (Å²) < 4.78 is 28.4. The van der Waals surface area contributed by atoms with Crippen LogP contribution in [0.4, 0.5) is 10.2 Å². The first-order chi connectivity index (χ1) is 21.3. The Bertz CT molecular complexity index is 2140. The van der Waals surface area contributed by atoms with Crippen LogP contribution in [0.5, 0.6) is 11.5 Å². The van der Waals surface area contributed by atoms with Gasteiger partial charge in [-0.2, -0.15) is 0 Å². The molecular weight excluding hydrogens is 585 g/mol. The number of pyridine rings is 2. The fraction of sp³-hybridized carbons (Fsp3) is 0.152. The molecule has 6 aromatic rings. The Morgan fingerprint density at radius 1 is 1.00 bits per heavy atom. The fourth-order valence-electron chi connectivity index (χ4n) is 5.44. The number of anilines is 1. The first-order valence-electron chi connectivity index (χ1n) is 13.9. The van der Waals surface area contributed by atoms with Gasteiger partial charge < -0.3 is 19.8 Å². The number of halogens is 2. The van der Waals surface area contributed by atoms with Crippen molar-refractivity contribution in [1.82, 2.24) is 19.5 Å². The van der Waals surface area contributed by atoms with E-state index in [-0.39, 0.29) is 50.7 Å². The van der Waals surface area contributed by atoms with Crippen LogP contribution in [0.15, 0.2) is 88.8 Å². The standard InChI is InChI=1S/C33H27ClFN5O4/c1-4-44-30-24(43-3)14-13-21(28(30)35)20-11-8-12-22-25(20)33(42)40(19-9-6-5-7-10-19)29(27(22)34)18(2)39-32-26-23(41)15-16-36-31(26)37-17-38-32/h5-18H,4H2,1-3H3,(H2,36,37,38,39,41)/t18-/m0/s1. The second-order valence-corrected chi connectivity index (χ2v) is 10.3. The summed E-state index contributed by atoms with van der Waals surface area (Å²) in [7, 11) is 1.43. The van der Waals surface area contributed by atoms with E-state index >= 15 is 4.39 Å². The smallest absolute Gasteiger partial charge is 0.263 e. The highest BCUT2D eigenvalue weighted by atomic mass is 35.5. The number of hydrogen-bond acceptors (Lipinski definition) is 7. The van der Waals surface area contributed by atoms with Crippen LogP contribution in [0.1, 0.15) is 25.6 Å². The van der Waals surface area contributed by atoms with Gasteiger partial charge in [0.1, 0.15) is 23.2 Å². The predicted octanol–water partition coefficient (Wildman–Crippen LogP) is 6.66. The molecule has 0 unspecified atom stereocenters. The topological polar surface area (TPSA) is 111 Å². The fourth-order valence-corrected chi connectivity index (χ4v) is 5.85. The molecule has 9 nitrogen and oxygen atoms in total.